The van der Waals surface area contributed by atoms with Crippen LogP contribution >= 0.6 is 0 Å². The van der Waals surface area contributed by atoms with Crippen molar-refractivity contribution in [2.24, 2.45) is 0 Å². The summed E-state index contributed by atoms with van der Waals surface area (Å²) in [5, 5.41) is 5.72. The predicted octanol–water partition coefficient (Wildman–Crippen LogP) is 4.15. The van der Waals surface area contributed by atoms with E-state index in [1.165, 1.54) is 0 Å². The Morgan fingerprint density at radius 3 is 2.42 bits per heavy atom. The molecule has 7 nitrogen and oxygen atoms in total. The van der Waals surface area contributed by atoms with Crippen LogP contribution in [-0.4, -0.2) is 35.0 Å². The number of carbonyl (C=O) groups excluding carboxylic acids is 3. The number of para-hydroxylation sites is 1. The molecule has 7 heteroatoms. The lowest BCUT2D eigenvalue weighted by molar-refractivity contribution is -0.119. The molecule has 1 aliphatic carbocycles. The van der Waals surface area contributed by atoms with Crippen LogP contribution in [0.3, 0.4) is 0 Å². The van der Waals surface area contributed by atoms with Crippen molar-refractivity contribution in [2.45, 2.75) is 65.5 Å². The van der Waals surface area contributed by atoms with Gasteiger partial charge in [-0.15, -0.1) is 0 Å². The largest absolute Gasteiger partial charge is 0.452 e. The number of amides is 2. The summed E-state index contributed by atoms with van der Waals surface area (Å²) in [4.78, 5) is 37.5. The van der Waals surface area contributed by atoms with Gasteiger partial charge in [0.15, 0.2) is 6.61 Å². The van der Waals surface area contributed by atoms with Crippen LogP contribution in [0.1, 0.15) is 77.7 Å². The predicted molar refractivity (Wildman–Crippen MR) is 119 cm³/mol. The maximum Gasteiger partial charge on any atom is 0.340 e. The number of nitrogens with zero attached hydrogens (tertiary/aromatic N) is 1. The third-order valence-corrected chi connectivity index (χ3v) is 5.69. The van der Waals surface area contributed by atoms with E-state index in [9.17, 15) is 14.4 Å². The molecule has 1 aromatic heterocycles. The second kappa shape index (κ2) is 9.81. The van der Waals surface area contributed by atoms with E-state index in [0.29, 0.717) is 16.8 Å². The quantitative estimate of drug-likeness (QED) is 0.652. The fourth-order valence-electron chi connectivity index (χ4n) is 4.30. The summed E-state index contributed by atoms with van der Waals surface area (Å²) < 4.78 is 7.29. The molecule has 0 unspecified atom stereocenters. The van der Waals surface area contributed by atoms with E-state index in [0.717, 1.165) is 37.1 Å². The maximum atomic E-state index is 12.6. The monoisotopic (exact) mass is 425 g/mol. The Morgan fingerprint density at radius 1 is 1.10 bits per heavy atom. The van der Waals surface area contributed by atoms with Crippen molar-refractivity contribution >= 4 is 23.5 Å². The van der Waals surface area contributed by atoms with Crippen LogP contribution in [-0.2, 0) is 9.53 Å². The highest BCUT2D eigenvalue weighted by Crippen LogP contribution is 2.22. The van der Waals surface area contributed by atoms with Gasteiger partial charge in [0, 0.05) is 23.5 Å². The Hall–Kier alpha value is -3.09. The number of ether oxygens (including phenoxy) is 1. The number of hydrogen-bond acceptors (Lipinski definition) is 4. The molecular weight excluding hydrogens is 394 g/mol. The van der Waals surface area contributed by atoms with Crippen molar-refractivity contribution in [2.75, 3.05) is 11.9 Å². The zero-order valence-electron chi connectivity index (χ0n) is 18.7. The normalized spacial score (nSPS) is 14.0. The van der Waals surface area contributed by atoms with Gasteiger partial charge in [0.05, 0.1) is 16.8 Å². The van der Waals surface area contributed by atoms with Gasteiger partial charge in [-0.3, -0.25) is 9.59 Å². The van der Waals surface area contributed by atoms with Crippen LogP contribution in [0.15, 0.2) is 30.3 Å². The summed E-state index contributed by atoms with van der Waals surface area (Å²) in [6.07, 6.45) is 4.20. The molecule has 2 aromatic rings. The molecular formula is C24H31N3O4. The Morgan fingerprint density at radius 2 is 1.77 bits per heavy atom. The Kier molecular flexibility index (Phi) is 7.15. The van der Waals surface area contributed by atoms with E-state index in [1.807, 2.05) is 27.7 Å². The second-order valence-corrected chi connectivity index (χ2v) is 8.37. The number of aryl methyl sites for hydroxylation is 1. The molecule has 31 heavy (non-hydrogen) atoms. The molecule has 1 heterocycles. The van der Waals surface area contributed by atoms with E-state index in [4.69, 9.17) is 4.74 Å². The lowest BCUT2D eigenvalue weighted by Crippen LogP contribution is -2.33. The average molecular weight is 426 g/mol. The minimum Gasteiger partial charge on any atom is -0.452 e. The summed E-state index contributed by atoms with van der Waals surface area (Å²) in [5.41, 5.74) is 3.03. The van der Waals surface area contributed by atoms with E-state index in [-0.39, 0.29) is 18.0 Å². The van der Waals surface area contributed by atoms with Crippen LogP contribution in [0, 0.1) is 13.8 Å². The highest BCUT2D eigenvalue weighted by Gasteiger charge is 2.21. The second-order valence-electron chi connectivity index (χ2n) is 8.37. The molecule has 1 aliphatic rings. The molecule has 2 N–H and O–H groups in total. The fraction of sp³-hybridized carbons (Fsp3) is 0.458. The minimum absolute atomic E-state index is 0.182. The molecule has 1 aromatic carbocycles. The number of benzene rings is 1. The van der Waals surface area contributed by atoms with Crippen molar-refractivity contribution in [3.63, 3.8) is 0 Å². The van der Waals surface area contributed by atoms with Gasteiger partial charge in [-0.25, -0.2) is 4.79 Å². The summed E-state index contributed by atoms with van der Waals surface area (Å²) in [7, 11) is 0. The summed E-state index contributed by atoms with van der Waals surface area (Å²) in [5.74, 6) is -1.24. The number of esters is 1. The summed E-state index contributed by atoms with van der Waals surface area (Å²) in [6, 6.07) is 9.02. The van der Waals surface area contributed by atoms with E-state index >= 15 is 0 Å². The van der Waals surface area contributed by atoms with Crippen molar-refractivity contribution in [3.8, 4) is 0 Å². The Labute approximate surface area is 183 Å². The minimum atomic E-state index is -0.539. The smallest absolute Gasteiger partial charge is 0.340 e. The topological polar surface area (TPSA) is 89.4 Å². The van der Waals surface area contributed by atoms with Gasteiger partial charge < -0.3 is 19.9 Å². The first kappa shape index (κ1) is 22.6. The van der Waals surface area contributed by atoms with E-state index < -0.39 is 18.5 Å². The molecule has 0 atom stereocenters. The number of aromatic nitrogens is 1. The van der Waals surface area contributed by atoms with E-state index in [1.54, 1.807) is 30.3 Å². The number of rotatable bonds is 7. The summed E-state index contributed by atoms with van der Waals surface area (Å²) >= 11 is 0. The fourth-order valence-corrected chi connectivity index (χ4v) is 4.30. The molecule has 1 fully saturated rings. The lowest BCUT2D eigenvalue weighted by atomic mass is 10.1. The third-order valence-electron chi connectivity index (χ3n) is 5.69. The van der Waals surface area contributed by atoms with Crippen molar-refractivity contribution in [1.29, 1.82) is 0 Å². The average Bonchev–Trinajstić information content (AvgIpc) is 3.33. The molecule has 0 bridgehead atoms. The first-order chi connectivity index (χ1) is 14.8. The maximum absolute atomic E-state index is 12.6. The third kappa shape index (κ3) is 5.34. The highest BCUT2D eigenvalue weighted by molar-refractivity contribution is 6.04. The van der Waals surface area contributed by atoms with Gasteiger partial charge in [0.2, 0.25) is 0 Å². The van der Waals surface area contributed by atoms with Crippen LogP contribution in [0.2, 0.25) is 0 Å². The number of nitrogens with one attached hydrogen (secondary N) is 2. The number of anilines is 1. The van der Waals surface area contributed by atoms with Gasteiger partial charge in [0.1, 0.15) is 0 Å². The van der Waals surface area contributed by atoms with Crippen molar-refractivity contribution < 1.29 is 19.1 Å². The molecule has 0 radical (unpaired) electrons. The molecule has 0 spiro atoms. The van der Waals surface area contributed by atoms with Gasteiger partial charge >= 0.3 is 5.97 Å². The number of carbonyl (C=O) groups is 3. The van der Waals surface area contributed by atoms with Crippen LogP contribution < -0.4 is 10.6 Å². The highest BCUT2D eigenvalue weighted by atomic mass is 16.5. The zero-order valence-corrected chi connectivity index (χ0v) is 18.7. The van der Waals surface area contributed by atoms with Crippen molar-refractivity contribution in [3.05, 3.63) is 52.8 Å². The van der Waals surface area contributed by atoms with Gasteiger partial charge in [-0.05, 0) is 58.7 Å². The standard InChI is InChI=1S/C24H31N3O4/c1-15(2)27-16(3)13-20(17(27)4)24(30)31-14-22(28)26-21-12-8-7-11-19(21)23(29)25-18-9-5-6-10-18/h7-8,11-13,15,18H,5-6,9-10,14H2,1-4H3,(H,25,29)(H,26,28). The molecule has 3 rings (SSSR count). The summed E-state index contributed by atoms with van der Waals surface area (Å²) in [6.45, 7) is 7.46. The molecule has 166 valence electrons. The molecule has 2 amide bonds. The molecule has 0 aliphatic heterocycles. The lowest BCUT2D eigenvalue weighted by Gasteiger charge is -2.15. The van der Waals surface area contributed by atoms with Crippen LogP contribution in [0.5, 0.6) is 0 Å². The SMILES string of the molecule is Cc1cc(C(=O)OCC(=O)Nc2ccccc2C(=O)NC2CCCC2)c(C)n1C(C)C. The van der Waals surface area contributed by atoms with Gasteiger partial charge in [0.25, 0.3) is 11.8 Å². The first-order valence-electron chi connectivity index (χ1n) is 10.8. The number of hydrogen-bond donors (Lipinski definition) is 2. The van der Waals surface area contributed by atoms with Crippen LogP contribution in [0.25, 0.3) is 0 Å². The Bertz CT molecular complexity index is 971. The van der Waals surface area contributed by atoms with Crippen molar-refractivity contribution in [1.82, 2.24) is 9.88 Å². The zero-order chi connectivity index (χ0) is 22.5. The Balaban J connectivity index is 1.61. The van der Waals surface area contributed by atoms with Crippen LogP contribution in [0.4, 0.5) is 5.69 Å². The first-order valence-corrected chi connectivity index (χ1v) is 10.8. The van der Waals surface area contributed by atoms with Gasteiger partial charge in [-0.1, -0.05) is 25.0 Å². The van der Waals surface area contributed by atoms with E-state index in [2.05, 4.69) is 15.2 Å². The molecule has 1 saturated carbocycles. The van der Waals surface area contributed by atoms with Gasteiger partial charge in [-0.2, -0.15) is 0 Å². The molecule has 0 saturated heterocycles.